The largest absolute Gasteiger partial charge is 0.370 e. The van der Waals surface area contributed by atoms with Gasteiger partial charge in [0, 0.05) is 24.2 Å². The van der Waals surface area contributed by atoms with Crippen molar-refractivity contribution in [3.8, 4) is 10.6 Å². The Hall–Kier alpha value is -2.06. The Balaban J connectivity index is 1.29. The van der Waals surface area contributed by atoms with Crippen molar-refractivity contribution in [2.45, 2.75) is 6.42 Å². The van der Waals surface area contributed by atoms with E-state index in [1.165, 1.54) is 4.70 Å². The molecule has 3 aromatic rings. The van der Waals surface area contributed by atoms with Crippen LogP contribution in [0.4, 0.5) is 5.69 Å². The number of benzene rings is 2. The minimum absolute atomic E-state index is 0.665. The van der Waals surface area contributed by atoms with Crippen LogP contribution in [0.1, 0.15) is 6.42 Å². The van der Waals surface area contributed by atoms with Crippen molar-refractivity contribution in [3.63, 3.8) is 0 Å². The van der Waals surface area contributed by atoms with Gasteiger partial charge in [0.1, 0.15) is 18.1 Å². The first kappa shape index (κ1) is 19.3. The van der Waals surface area contributed by atoms with Gasteiger partial charge in [-0.15, -0.1) is 11.3 Å². The van der Waals surface area contributed by atoms with E-state index in [1.807, 2.05) is 24.3 Å². The fourth-order valence-electron chi connectivity index (χ4n) is 3.35. The first-order valence-corrected chi connectivity index (χ1v) is 10.9. The Morgan fingerprint density at radius 1 is 1.14 bits per heavy atom. The second-order valence-electron chi connectivity index (χ2n) is 6.91. The standard InChI is InChI=1S/C21H24N4OS2/c27-21(22-9-4-10-25-11-13-26-14-12-25)23-17-6-3-5-16(15-17)20-24-18-7-1-2-8-19(18)28-20/h1-3,5-8,15H,4,9-14H2,(H2,22,23,27)/p+1. The molecule has 2 heterocycles. The highest BCUT2D eigenvalue weighted by molar-refractivity contribution is 7.80. The lowest BCUT2D eigenvalue weighted by molar-refractivity contribution is -0.908. The molecule has 5 nitrogen and oxygen atoms in total. The van der Waals surface area contributed by atoms with Crippen LogP contribution in [0, 0.1) is 0 Å². The number of nitrogens with zero attached hydrogens (tertiary/aromatic N) is 1. The molecule has 0 radical (unpaired) electrons. The number of anilines is 1. The van der Waals surface area contributed by atoms with Crippen LogP contribution < -0.4 is 15.5 Å². The van der Waals surface area contributed by atoms with Crippen molar-refractivity contribution in [2.75, 3.05) is 44.7 Å². The van der Waals surface area contributed by atoms with Crippen LogP contribution in [-0.2, 0) is 4.74 Å². The molecule has 0 aliphatic carbocycles. The molecular formula is C21H25N4OS2+. The summed E-state index contributed by atoms with van der Waals surface area (Å²) in [6, 6.07) is 16.5. The summed E-state index contributed by atoms with van der Waals surface area (Å²) in [4.78, 5) is 6.36. The summed E-state index contributed by atoms with van der Waals surface area (Å²) in [6.07, 6.45) is 1.10. The number of para-hydroxylation sites is 1. The summed E-state index contributed by atoms with van der Waals surface area (Å²) in [5.74, 6) is 0. The Bertz CT molecular complexity index is 904. The highest BCUT2D eigenvalue weighted by Gasteiger charge is 2.12. The number of fused-ring (bicyclic) bond motifs is 1. The average molecular weight is 414 g/mol. The van der Waals surface area contributed by atoms with Gasteiger partial charge in [0.2, 0.25) is 0 Å². The lowest BCUT2D eigenvalue weighted by Gasteiger charge is -2.23. The fourth-order valence-corrected chi connectivity index (χ4v) is 4.53. The van der Waals surface area contributed by atoms with Gasteiger partial charge in [-0.1, -0.05) is 24.3 Å². The number of ether oxygens (including phenoxy) is 1. The molecule has 0 bridgehead atoms. The second kappa shape index (κ2) is 9.43. The first-order valence-electron chi connectivity index (χ1n) is 9.70. The van der Waals surface area contributed by atoms with Crippen molar-refractivity contribution in [1.29, 1.82) is 0 Å². The van der Waals surface area contributed by atoms with Crippen LogP contribution in [0.5, 0.6) is 0 Å². The third kappa shape index (κ3) is 5.05. The van der Waals surface area contributed by atoms with Crippen molar-refractivity contribution in [2.24, 2.45) is 0 Å². The molecule has 1 aliphatic rings. The molecular weight excluding hydrogens is 388 g/mol. The van der Waals surface area contributed by atoms with E-state index < -0.39 is 0 Å². The number of quaternary nitrogens is 1. The summed E-state index contributed by atoms with van der Waals surface area (Å²) in [5, 5.41) is 8.30. The van der Waals surface area contributed by atoms with E-state index in [9.17, 15) is 0 Å². The molecule has 0 atom stereocenters. The Labute approximate surface area is 174 Å². The SMILES string of the molecule is S=C(NCCC[NH+]1CCOCC1)Nc1cccc(-c2nc3ccccc3s2)c1. The quantitative estimate of drug-likeness (QED) is 0.428. The molecule has 0 saturated carbocycles. The predicted molar refractivity (Wildman–Crippen MR) is 120 cm³/mol. The van der Waals surface area contributed by atoms with E-state index in [1.54, 1.807) is 16.2 Å². The zero-order chi connectivity index (χ0) is 19.2. The highest BCUT2D eigenvalue weighted by atomic mass is 32.1. The third-order valence-electron chi connectivity index (χ3n) is 4.85. The maximum atomic E-state index is 5.46. The molecule has 2 aromatic carbocycles. The Morgan fingerprint density at radius 2 is 2.00 bits per heavy atom. The molecule has 1 fully saturated rings. The van der Waals surface area contributed by atoms with Crippen LogP contribution >= 0.6 is 23.6 Å². The van der Waals surface area contributed by atoms with Gasteiger partial charge in [0.25, 0.3) is 0 Å². The molecule has 4 rings (SSSR count). The van der Waals surface area contributed by atoms with Crippen LogP contribution in [0.3, 0.4) is 0 Å². The number of nitrogens with one attached hydrogen (secondary N) is 3. The molecule has 1 aliphatic heterocycles. The van der Waals surface area contributed by atoms with Crippen LogP contribution in [0.15, 0.2) is 48.5 Å². The lowest BCUT2D eigenvalue weighted by atomic mass is 10.2. The van der Waals surface area contributed by atoms with Crippen molar-refractivity contribution >= 4 is 44.6 Å². The molecule has 0 spiro atoms. The molecule has 1 aromatic heterocycles. The monoisotopic (exact) mass is 413 g/mol. The number of rotatable bonds is 6. The topological polar surface area (TPSA) is 50.6 Å². The van der Waals surface area contributed by atoms with Crippen molar-refractivity contribution in [1.82, 2.24) is 10.3 Å². The smallest absolute Gasteiger partial charge is 0.170 e. The number of hydrogen-bond acceptors (Lipinski definition) is 4. The molecule has 0 amide bonds. The van der Waals surface area contributed by atoms with Crippen molar-refractivity contribution in [3.05, 3.63) is 48.5 Å². The zero-order valence-electron chi connectivity index (χ0n) is 15.7. The summed E-state index contributed by atoms with van der Waals surface area (Å²) in [5.41, 5.74) is 3.12. The van der Waals surface area contributed by atoms with E-state index >= 15 is 0 Å². The summed E-state index contributed by atoms with van der Waals surface area (Å²) < 4.78 is 6.60. The van der Waals surface area contributed by atoms with Gasteiger partial charge in [-0.25, -0.2) is 4.98 Å². The van der Waals surface area contributed by atoms with E-state index in [4.69, 9.17) is 21.9 Å². The zero-order valence-corrected chi connectivity index (χ0v) is 17.4. The van der Waals surface area contributed by atoms with E-state index in [2.05, 4.69) is 34.9 Å². The molecule has 0 unspecified atom stereocenters. The van der Waals surface area contributed by atoms with E-state index in [-0.39, 0.29) is 0 Å². The van der Waals surface area contributed by atoms with Gasteiger partial charge < -0.3 is 20.3 Å². The Kier molecular flexibility index (Phi) is 6.49. The summed E-state index contributed by atoms with van der Waals surface area (Å²) in [6.45, 7) is 6.03. The third-order valence-corrected chi connectivity index (χ3v) is 6.19. The molecule has 7 heteroatoms. The van der Waals surface area contributed by atoms with Crippen LogP contribution in [0.2, 0.25) is 0 Å². The number of aromatic nitrogens is 1. The molecule has 28 heavy (non-hydrogen) atoms. The lowest BCUT2D eigenvalue weighted by Crippen LogP contribution is -3.14. The minimum atomic E-state index is 0.665. The second-order valence-corrected chi connectivity index (χ2v) is 8.35. The first-order chi connectivity index (χ1) is 13.8. The maximum Gasteiger partial charge on any atom is 0.170 e. The number of morpholine rings is 1. The van der Waals surface area contributed by atoms with Crippen LogP contribution in [0.25, 0.3) is 20.8 Å². The predicted octanol–water partition coefficient (Wildman–Crippen LogP) is 2.55. The fraction of sp³-hybridized carbons (Fsp3) is 0.333. The average Bonchev–Trinajstić information content (AvgIpc) is 3.17. The van der Waals surface area contributed by atoms with Gasteiger partial charge in [-0.2, -0.15) is 0 Å². The van der Waals surface area contributed by atoms with Crippen molar-refractivity contribution < 1.29 is 9.64 Å². The number of hydrogen-bond donors (Lipinski definition) is 3. The minimum Gasteiger partial charge on any atom is -0.370 e. The summed E-state index contributed by atoms with van der Waals surface area (Å²) >= 11 is 7.17. The molecule has 1 saturated heterocycles. The van der Waals surface area contributed by atoms with Gasteiger partial charge >= 0.3 is 0 Å². The van der Waals surface area contributed by atoms with Gasteiger partial charge in [-0.3, -0.25) is 0 Å². The van der Waals surface area contributed by atoms with E-state index in [0.717, 1.165) is 67.6 Å². The summed E-state index contributed by atoms with van der Waals surface area (Å²) in [7, 11) is 0. The number of thiocarbonyl (C=S) groups is 1. The number of thiazole rings is 1. The maximum absolute atomic E-state index is 5.46. The van der Waals surface area contributed by atoms with Gasteiger partial charge in [0.05, 0.1) is 30.0 Å². The normalized spacial score (nSPS) is 14.9. The Morgan fingerprint density at radius 3 is 2.86 bits per heavy atom. The molecule has 3 N–H and O–H groups in total. The van der Waals surface area contributed by atoms with E-state index in [0.29, 0.717) is 5.11 Å². The highest BCUT2D eigenvalue weighted by Crippen LogP contribution is 2.31. The molecule has 146 valence electrons. The van der Waals surface area contributed by atoms with Crippen LogP contribution in [-0.4, -0.2) is 49.5 Å². The van der Waals surface area contributed by atoms with Gasteiger partial charge in [0.15, 0.2) is 5.11 Å². The van der Waals surface area contributed by atoms with Gasteiger partial charge in [-0.05, 0) is 36.5 Å².